The third-order valence-corrected chi connectivity index (χ3v) is 9.33. The second kappa shape index (κ2) is 11.5. The first-order valence-corrected chi connectivity index (χ1v) is 14.0. The van der Waals surface area contributed by atoms with E-state index in [9.17, 15) is 9.59 Å². The molecule has 0 aliphatic carbocycles. The van der Waals surface area contributed by atoms with Crippen LogP contribution in [0.5, 0.6) is 0 Å². The molecule has 2 aliphatic heterocycles. The topological polar surface area (TPSA) is 47.1 Å². The number of piperidine rings is 2. The predicted molar refractivity (Wildman–Crippen MR) is 147 cm³/mol. The summed E-state index contributed by atoms with van der Waals surface area (Å²) in [5, 5.41) is 0. The van der Waals surface area contributed by atoms with Crippen LogP contribution in [0.15, 0.2) is 0 Å². The summed E-state index contributed by atoms with van der Waals surface area (Å²) in [5.41, 5.74) is 0.361. The molecule has 2 aliphatic rings. The summed E-state index contributed by atoms with van der Waals surface area (Å²) < 4.78 is 0. The van der Waals surface area contributed by atoms with Gasteiger partial charge >= 0.3 is 0 Å². The van der Waals surface area contributed by atoms with Crippen LogP contribution >= 0.6 is 0 Å². The first-order valence-electron chi connectivity index (χ1n) is 14.0. The van der Waals surface area contributed by atoms with E-state index in [-0.39, 0.29) is 22.2 Å². The molecular formula is C29H56N4O2. The fourth-order valence-corrected chi connectivity index (χ4v) is 7.49. The van der Waals surface area contributed by atoms with E-state index in [1.165, 1.54) is 0 Å². The Morgan fingerprint density at radius 3 is 1.31 bits per heavy atom. The summed E-state index contributed by atoms with van der Waals surface area (Å²) in [6.07, 6.45) is 10.5. The van der Waals surface area contributed by atoms with E-state index in [4.69, 9.17) is 0 Å². The minimum atomic E-state index is 0.0857. The van der Waals surface area contributed by atoms with E-state index < -0.39 is 0 Å². The van der Waals surface area contributed by atoms with E-state index in [2.05, 4.69) is 89.0 Å². The molecule has 0 aromatic rings. The van der Waals surface area contributed by atoms with Crippen LogP contribution in [-0.2, 0) is 9.59 Å². The molecule has 0 aromatic carbocycles. The van der Waals surface area contributed by atoms with Crippen molar-refractivity contribution in [3.63, 3.8) is 0 Å². The van der Waals surface area contributed by atoms with Crippen LogP contribution < -0.4 is 0 Å². The van der Waals surface area contributed by atoms with Crippen molar-refractivity contribution in [2.45, 2.75) is 148 Å². The van der Waals surface area contributed by atoms with Gasteiger partial charge in [0.1, 0.15) is 0 Å². The first-order chi connectivity index (χ1) is 16.1. The number of likely N-dealkylation sites (tertiary alicyclic amines) is 2. The molecular weight excluding hydrogens is 436 g/mol. The van der Waals surface area contributed by atoms with Gasteiger partial charge in [0, 0.05) is 47.3 Å². The van der Waals surface area contributed by atoms with Gasteiger partial charge in [-0.15, -0.1) is 0 Å². The number of hydrogen-bond donors (Lipinski definition) is 0. The Balaban J connectivity index is 1.80. The number of unbranched alkanes of at least 4 members (excludes halogenated alkanes) is 3. The highest BCUT2D eigenvalue weighted by atomic mass is 16.1. The summed E-state index contributed by atoms with van der Waals surface area (Å²) in [4.78, 5) is 33.1. The van der Waals surface area contributed by atoms with Crippen molar-refractivity contribution in [3.05, 3.63) is 0 Å². The van der Waals surface area contributed by atoms with Crippen LogP contribution in [0.3, 0.4) is 0 Å². The number of rotatable bonds is 12. The molecule has 0 saturated carbocycles. The van der Waals surface area contributed by atoms with Crippen molar-refractivity contribution in [3.8, 4) is 0 Å². The van der Waals surface area contributed by atoms with E-state index in [1.54, 1.807) is 0 Å². The lowest BCUT2D eigenvalue weighted by atomic mass is 9.76. The van der Waals surface area contributed by atoms with Crippen molar-refractivity contribution >= 4 is 12.8 Å². The summed E-state index contributed by atoms with van der Waals surface area (Å²) >= 11 is 0. The lowest BCUT2D eigenvalue weighted by Gasteiger charge is -2.56. The van der Waals surface area contributed by atoms with Gasteiger partial charge < -0.3 is 9.80 Å². The maximum Gasteiger partial charge on any atom is 0.209 e. The monoisotopic (exact) mass is 492 g/mol. The van der Waals surface area contributed by atoms with Crippen LogP contribution in [0.25, 0.3) is 0 Å². The predicted octanol–water partition coefficient (Wildman–Crippen LogP) is 5.16. The zero-order chi connectivity index (χ0) is 26.7. The molecule has 0 radical (unpaired) electrons. The molecule has 2 saturated heterocycles. The van der Waals surface area contributed by atoms with Crippen LogP contribution in [-0.4, -0.2) is 93.3 Å². The minimum absolute atomic E-state index is 0.0857. The van der Waals surface area contributed by atoms with Crippen molar-refractivity contribution in [1.82, 2.24) is 19.6 Å². The molecule has 2 heterocycles. The van der Waals surface area contributed by atoms with E-state index >= 15 is 0 Å². The van der Waals surface area contributed by atoms with Gasteiger partial charge in [-0.3, -0.25) is 19.4 Å². The molecule has 0 aromatic heterocycles. The van der Waals surface area contributed by atoms with Gasteiger partial charge in [-0.1, -0.05) is 19.8 Å². The first kappa shape index (κ1) is 30.1. The van der Waals surface area contributed by atoms with Crippen LogP contribution in [0, 0.1) is 0 Å². The summed E-state index contributed by atoms with van der Waals surface area (Å²) in [5.74, 6) is 0. The van der Waals surface area contributed by atoms with Gasteiger partial charge in [0.15, 0.2) is 0 Å². The number of carbonyl (C=O) groups is 2. The molecule has 0 bridgehead atoms. The Hall–Kier alpha value is -1.14. The van der Waals surface area contributed by atoms with Crippen molar-refractivity contribution in [2.24, 2.45) is 0 Å². The number of amides is 2. The van der Waals surface area contributed by atoms with E-state index in [0.29, 0.717) is 12.1 Å². The highest BCUT2D eigenvalue weighted by Gasteiger charge is 2.46. The summed E-state index contributed by atoms with van der Waals surface area (Å²) in [7, 11) is 2.21. The van der Waals surface area contributed by atoms with E-state index in [0.717, 1.165) is 83.8 Å². The molecule has 204 valence electrons. The van der Waals surface area contributed by atoms with Crippen molar-refractivity contribution in [1.29, 1.82) is 0 Å². The van der Waals surface area contributed by atoms with Crippen LogP contribution in [0.2, 0.25) is 0 Å². The average Bonchev–Trinajstić information content (AvgIpc) is 2.72. The molecule has 0 unspecified atom stereocenters. The van der Waals surface area contributed by atoms with Gasteiger partial charge in [0.2, 0.25) is 12.8 Å². The van der Waals surface area contributed by atoms with Gasteiger partial charge in [0.25, 0.3) is 0 Å². The normalized spacial score (nSPS) is 24.7. The van der Waals surface area contributed by atoms with Gasteiger partial charge in [-0.2, -0.15) is 0 Å². The maximum atomic E-state index is 12.0. The van der Waals surface area contributed by atoms with Gasteiger partial charge in [-0.25, -0.2) is 0 Å². The molecule has 0 atom stereocenters. The second-order valence-corrected chi connectivity index (χ2v) is 13.8. The largest absolute Gasteiger partial charge is 0.342 e. The zero-order valence-electron chi connectivity index (χ0n) is 24.7. The Kier molecular flexibility index (Phi) is 9.88. The molecule has 0 N–H and O–H groups in total. The van der Waals surface area contributed by atoms with Crippen LogP contribution in [0.1, 0.15) is 114 Å². The SMILES string of the molecule is CCN1C(C)(C)CC(N(C=O)CCCCCCN(C=O)C2CC(C)(C)N(C)C(C)(C)C2)CC1(C)C. The fraction of sp³-hybridized carbons (Fsp3) is 0.931. The highest BCUT2D eigenvalue weighted by Crippen LogP contribution is 2.40. The zero-order valence-corrected chi connectivity index (χ0v) is 24.7. The van der Waals surface area contributed by atoms with E-state index in [1.807, 2.05) is 0 Å². The Bertz CT molecular complexity index is 667. The summed E-state index contributed by atoms with van der Waals surface area (Å²) in [6, 6.07) is 0.613. The highest BCUT2D eigenvalue weighted by molar-refractivity contribution is 5.48. The second-order valence-electron chi connectivity index (χ2n) is 13.8. The molecule has 2 amide bonds. The van der Waals surface area contributed by atoms with Gasteiger partial charge in [-0.05, 0) is 108 Å². The standard InChI is InChI=1S/C29H56N4O2/c1-11-33-28(6,7)20-25(21-29(33,8)9)32(23-35)17-15-13-12-14-16-31(22-34)24-18-26(2,3)30(10)27(4,5)19-24/h22-25H,11-21H2,1-10H3. The Morgan fingerprint density at radius 1 is 0.657 bits per heavy atom. The van der Waals surface area contributed by atoms with Crippen molar-refractivity contribution in [2.75, 3.05) is 26.7 Å². The lowest BCUT2D eigenvalue weighted by molar-refractivity contribution is -0.126. The van der Waals surface area contributed by atoms with Gasteiger partial charge in [0.05, 0.1) is 0 Å². The minimum Gasteiger partial charge on any atom is -0.342 e. The van der Waals surface area contributed by atoms with Crippen molar-refractivity contribution < 1.29 is 9.59 Å². The van der Waals surface area contributed by atoms with Crippen LogP contribution in [0.4, 0.5) is 0 Å². The molecule has 2 fully saturated rings. The summed E-state index contributed by atoms with van der Waals surface area (Å²) in [6.45, 7) is 23.4. The Labute approximate surface area is 216 Å². The lowest BCUT2D eigenvalue weighted by Crippen LogP contribution is -2.64. The third kappa shape index (κ3) is 7.21. The maximum absolute atomic E-state index is 12.0. The molecule has 6 nitrogen and oxygen atoms in total. The molecule has 2 rings (SSSR count). The smallest absolute Gasteiger partial charge is 0.209 e. The number of carbonyl (C=O) groups excluding carboxylic acids is 2. The quantitative estimate of drug-likeness (QED) is 0.279. The number of nitrogens with zero attached hydrogens (tertiary/aromatic N) is 4. The molecule has 6 heteroatoms. The Morgan fingerprint density at radius 2 is 1.00 bits per heavy atom. The fourth-order valence-electron chi connectivity index (χ4n) is 7.49. The number of hydrogen-bond acceptors (Lipinski definition) is 4. The molecule has 0 spiro atoms. The average molecular weight is 493 g/mol. The third-order valence-electron chi connectivity index (χ3n) is 9.33. The molecule has 35 heavy (non-hydrogen) atoms.